The molecule has 4 nitrogen and oxygen atoms in total. The first-order valence-electron chi connectivity index (χ1n) is 5.83. The maximum Gasteiger partial charge on any atom is 0.250 e. The molecule has 0 aliphatic carbocycles. The van der Waals surface area contributed by atoms with Crippen molar-refractivity contribution < 1.29 is 8.42 Å². The molecule has 2 aromatic rings. The third-order valence-electron chi connectivity index (χ3n) is 2.71. The number of hydrogen-bond donors (Lipinski definition) is 2. The van der Waals surface area contributed by atoms with E-state index in [1.165, 1.54) is 11.3 Å². The Hall–Kier alpha value is -0.730. The van der Waals surface area contributed by atoms with Crippen molar-refractivity contribution >= 4 is 32.7 Å². The molecular formula is C12H16N2O2S3. The Balaban J connectivity index is 2.07. The van der Waals surface area contributed by atoms with Crippen molar-refractivity contribution in [1.29, 1.82) is 0 Å². The van der Waals surface area contributed by atoms with Gasteiger partial charge < -0.3 is 5.73 Å². The topological polar surface area (TPSA) is 72.2 Å². The Morgan fingerprint density at radius 1 is 1.32 bits per heavy atom. The van der Waals surface area contributed by atoms with Gasteiger partial charge >= 0.3 is 0 Å². The summed E-state index contributed by atoms with van der Waals surface area (Å²) in [6.07, 6.45) is 0.712. The van der Waals surface area contributed by atoms with Crippen LogP contribution in [0.4, 0.5) is 0 Å². The van der Waals surface area contributed by atoms with E-state index in [4.69, 9.17) is 5.73 Å². The van der Waals surface area contributed by atoms with Gasteiger partial charge in [-0.15, -0.1) is 11.3 Å². The minimum absolute atomic E-state index is 0.335. The maximum absolute atomic E-state index is 12.1. The van der Waals surface area contributed by atoms with Crippen LogP contribution in [0.1, 0.15) is 16.0 Å². The molecule has 7 heteroatoms. The van der Waals surface area contributed by atoms with E-state index in [-0.39, 0.29) is 0 Å². The number of thiophene rings is 2. The van der Waals surface area contributed by atoms with Crippen LogP contribution in [0.15, 0.2) is 27.1 Å². The molecule has 0 spiro atoms. The zero-order valence-corrected chi connectivity index (χ0v) is 13.0. The molecule has 0 saturated carbocycles. The third-order valence-corrected chi connectivity index (χ3v) is 6.66. The molecule has 0 bridgehead atoms. The summed E-state index contributed by atoms with van der Waals surface area (Å²) in [6, 6.07) is 3.46. The lowest BCUT2D eigenvalue weighted by molar-refractivity contribution is 0.583. The van der Waals surface area contributed by atoms with Crippen molar-refractivity contribution in [3.05, 3.63) is 38.9 Å². The number of rotatable bonds is 6. The van der Waals surface area contributed by atoms with E-state index in [1.54, 1.807) is 17.4 Å². The van der Waals surface area contributed by atoms with Gasteiger partial charge in [0.15, 0.2) is 0 Å². The first kappa shape index (κ1) is 14.7. The van der Waals surface area contributed by atoms with E-state index in [0.717, 1.165) is 16.0 Å². The SMILES string of the molecule is Cc1cscc1CNS(=O)(=O)c1ccc(CCN)s1. The number of sulfonamides is 1. The normalized spacial score (nSPS) is 11.9. The summed E-state index contributed by atoms with van der Waals surface area (Å²) in [5.74, 6) is 0. The van der Waals surface area contributed by atoms with E-state index >= 15 is 0 Å². The number of hydrogen-bond acceptors (Lipinski definition) is 5. The molecule has 0 saturated heterocycles. The van der Waals surface area contributed by atoms with Crippen molar-refractivity contribution in [2.75, 3.05) is 6.54 Å². The Morgan fingerprint density at radius 3 is 2.74 bits per heavy atom. The van der Waals surface area contributed by atoms with Crippen molar-refractivity contribution in [3.63, 3.8) is 0 Å². The second kappa shape index (κ2) is 6.15. The van der Waals surface area contributed by atoms with Gasteiger partial charge in [0.2, 0.25) is 10.0 Å². The summed E-state index contributed by atoms with van der Waals surface area (Å²) in [5, 5.41) is 3.97. The Labute approximate surface area is 121 Å². The van der Waals surface area contributed by atoms with Crippen LogP contribution < -0.4 is 10.5 Å². The predicted molar refractivity (Wildman–Crippen MR) is 80.2 cm³/mol. The van der Waals surface area contributed by atoms with E-state index in [0.29, 0.717) is 23.7 Å². The van der Waals surface area contributed by atoms with Gasteiger partial charge in [0.25, 0.3) is 0 Å². The second-order valence-electron chi connectivity index (χ2n) is 4.16. The molecule has 2 heterocycles. The average molecular weight is 316 g/mol. The molecular weight excluding hydrogens is 300 g/mol. The zero-order valence-electron chi connectivity index (χ0n) is 10.5. The molecule has 104 valence electrons. The lowest BCUT2D eigenvalue weighted by Crippen LogP contribution is -2.22. The first-order chi connectivity index (χ1) is 9.03. The number of nitrogens with two attached hydrogens (primary N) is 1. The van der Waals surface area contributed by atoms with Gasteiger partial charge in [0.05, 0.1) is 0 Å². The summed E-state index contributed by atoms with van der Waals surface area (Å²) < 4.78 is 27.2. The molecule has 2 aromatic heterocycles. The van der Waals surface area contributed by atoms with Gasteiger partial charge in [0, 0.05) is 11.4 Å². The Kier molecular flexibility index (Phi) is 4.75. The molecule has 0 atom stereocenters. The fourth-order valence-corrected chi connectivity index (χ4v) is 4.87. The van der Waals surface area contributed by atoms with Crippen molar-refractivity contribution in [1.82, 2.24) is 4.72 Å². The van der Waals surface area contributed by atoms with Crippen molar-refractivity contribution in [3.8, 4) is 0 Å². The van der Waals surface area contributed by atoms with Crippen LogP contribution in [0.2, 0.25) is 0 Å². The molecule has 3 N–H and O–H groups in total. The monoisotopic (exact) mass is 316 g/mol. The largest absolute Gasteiger partial charge is 0.330 e. The Bertz CT molecular complexity index is 643. The van der Waals surface area contributed by atoms with Gasteiger partial charge in [-0.3, -0.25) is 0 Å². The second-order valence-corrected chi connectivity index (χ2v) is 8.07. The summed E-state index contributed by atoms with van der Waals surface area (Å²) in [6.45, 7) is 2.84. The highest BCUT2D eigenvalue weighted by Crippen LogP contribution is 2.22. The third kappa shape index (κ3) is 3.64. The molecule has 0 aliphatic rings. The molecule has 0 aromatic carbocycles. The predicted octanol–water partition coefficient (Wildman–Crippen LogP) is 2.10. The summed E-state index contributed by atoms with van der Waals surface area (Å²) >= 11 is 2.86. The highest BCUT2D eigenvalue weighted by Gasteiger charge is 2.16. The molecule has 0 amide bonds. The molecule has 0 radical (unpaired) electrons. The molecule has 0 unspecified atom stereocenters. The summed E-state index contributed by atoms with van der Waals surface area (Å²) in [5.41, 5.74) is 7.60. The van der Waals surface area contributed by atoms with Crippen LogP contribution in [-0.2, 0) is 23.0 Å². The van der Waals surface area contributed by atoms with Crippen LogP contribution >= 0.6 is 22.7 Å². The van der Waals surface area contributed by atoms with Crippen molar-refractivity contribution in [2.24, 2.45) is 5.73 Å². The van der Waals surface area contributed by atoms with Crippen LogP contribution in [-0.4, -0.2) is 15.0 Å². The minimum atomic E-state index is -3.42. The molecule has 0 fully saturated rings. The van der Waals surface area contributed by atoms with Crippen LogP contribution in [0, 0.1) is 6.92 Å². The maximum atomic E-state index is 12.1. The average Bonchev–Trinajstić information content (AvgIpc) is 2.97. The zero-order chi connectivity index (χ0) is 13.9. The summed E-state index contributed by atoms with van der Waals surface area (Å²) in [7, 11) is -3.42. The van der Waals surface area contributed by atoms with Crippen LogP contribution in [0.25, 0.3) is 0 Å². The van der Waals surface area contributed by atoms with E-state index < -0.39 is 10.0 Å². The minimum Gasteiger partial charge on any atom is -0.330 e. The molecule has 0 aliphatic heterocycles. The van der Waals surface area contributed by atoms with Gasteiger partial charge in [-0.25, -0.2) is 13.1 Å². The molecule has 2 rings (SSSR count). The fraction of sp³-hybridized carbons (Fsp3) is 0.333. The lowest BCUT2D eigenvalue weighted by Gasteiger charge is -2.04. The van der Waals surface area contributed by atoms with Gasteiger partial charge in [0.1, 0.15) is 4.21 Å². The first-order valence-corrected chi connectivity index (χ1v) is 9.07. The summed E-state index contributed by atoms with van der Waals surface area (Å²) in [4.78, 5) is 0.995. The standard InChI is InChI=1S/C12H16N2O2S3/c1-9-7-17-8-10(9)6-14-19(15,16)12-3-2-11(18-12)4-5-13/h2-3,7-8,14H,4-6,13H2,1H3. The van der Waals surface area contributed by atoms with Gasteiger partial charge in [-0.05, 0) is 53.9 Å². The Morgan fingerprint density at radius 2 is 2.11 bits per heavy atom. The van der Waals surface area contributed by atoms with Crippen LogP contribution in [0.3, 0.4) is 0 Å². The smallest absolute Gasteiger partial charge is 0.250 e. The van der Waals surface area contributed by atoms with Gasteiger partial charge in [-0.1, -0.05) is 0 Å². The van der Waals surface area contributed by atoms with E-state index in [2.05, 4.69) is 4.72 Å². The van der Waals surface area contributed by atoms with Gasteiger partial charge in [-0.2, -0.15) is 11.3 Å². The van der Waals surface area contributed by atoms with E-state index in [1.807, 2.05) is 23.8 Å². The highest BCUT2D eigenvalue weighted by atomic mass is 32.2. The quantitative estimate of drug-likeness (QED) is 0.857. The van der Waals surface area contributed by atoms with Crippen LogP contribution in [0.5, 0.6) is 0 Å². The number of nitrogens with one attached hydrogen (secondary N) is 1. The fourth-order valence-electron chi connectivity index (χ4n) is 1.59. The van der Waals surface area contributed by atoms with Crippen molar-refractivity contribution in [2.45, 2.75) is 24.1 Å². The molecule has 19 heavy (non-hydrogen) atoms. The highest BCUT2D eigenvalue weighted by molar-refractivity contribution is 7.91. The van der Waals surface area contributed by atoms with E-state index in [9.17, 15) is 8.42 Å². The number of aryl methyl sites for hydroxylation is 1. The lowest BCUT2D eigenvalue weighted by atomic mass is 10.2.